The number of rotatable bonds is 9. The lowest BCUT2D eigenvalue weighted by molar-refractivity contribution is -0.192. The predicted octanol–water partition coefficient (Wildman–Crippen LogP) is -1.22. The van der Waals surface area contributed by atoms with Gasteiger partial charge in [-0.1, -0.05) is 0 Å². The molecule has 0 fully saturated rings. The second-order valence-electron chi connectivity index (χ2n) is 6.53. The lowest BCUT2D eigenvalue weighted by Crippen LogP contribution is -2.54. The molecule has 0 aromatic carbocycles. The maximum Gasteiger partial charge on any atom is 0.490 e. The van der Waals surface area contributed by atoms with Crippen molar-refractivity contribution in [2.75, 3.05) is 0 Å². The highest BCUT2D eigenvalue weighted by Gasteiger charge is 2.38. The summed E-state index contributed by atoms with van der Waals surface area (Å²) in [6.45, 7) is 2.75. The Kier molecular flexibility index (Phi) is 11.7. The van der Waals surface area contributed by atoms with Crippen LogP contribution in [0.3, 0.4) is 0 Å². The number of aliphatic carboxylic acids is 2. The molecule has 188 valence electrons. The Morgan fingerprint density at radius 3 is 1.79 bits per heavy atom. The number of carbonyl (C=O) groups excluding carboxylic acids is 4. The van der Waals surface area contributed by atoms with E-state index in [2.05, 4.69) is 20.9 Å². The van der Waals surface area contributed by atoms with E-state index in [4.69, 9.17) is 20.7 Å². The SMILES string of the molecule is C[C@H](NC(=O)c1ccncc1)C(=O)N[C@@H](C)C(=O)N[C@@H](CC(N)=O)C(=O)O.O=C(O)C(F)(F)F. The Morgan fingerprint density at radius 2 is 1.38 bits per heavy atom. The van der Waals surface area contributed by atoms with Gasteiger partial charge in [-0.05, 0) is 26.0 Å². The van der Waals surface area contributed by atoms with Gasteiger partial charge in [0.05, 0.1) is 6.42 Å². The Morgan fingerprint density at radius 1 is 0.941 bits per heavy atom. The number of primary amides is 1. The minimum absolute atomic E-state index is 0.311. The van der Waals surface area contributed by atoms with Gasteiger partial charge in [0.15, 0.2) is 0 Å². The number of alkyl halides is 3. The van der Waals surface area contributed by atoms with Gasteiger partial charge in [0.1, 0.15) is 18.1 Å². The minimum Gasteiger partial charge on any atom is -0.480 e. The lowest BCUT2D eigenvalue weighted by atomic mass is 10.1. The molecule has 34 heavy (non-hydrogen) atoms. The number of carboxylic acid groups (broad SMARTS) is 2. The number of pyridine rings is 1. The summed E-state index contributed by atoms with van der Waals surface area (Å²) >= 11 is 0. The standard InChI is InChI=1S/C16H21N5O6.C2HF3O2/c1-8(20-15(25)10-3-5-18-6-4-10)13(23)19-9(2)14(24)21-11(16(26)27)7-12(17)22;3-2(4,5)1(6)7/h3-6,8-9,11H,7H2,1-2H3,(H2,17,22)(H,19,23)(H,20,25)(H,21,24)(H,26,27);(H,6,7)/t8-,9-,11-;/m0./s1. The first-order chi connectivity index (χ1) is 15.6. The third-order valence-electron chi connectivity index (χ3n) is 3.70. The van der Waals surface area contributed by atoms with E-state index in [-0.39, 0.29) is 0 Å². The fraction of sp³-hybridized carbons (Fsp3) is 0.389. The van der Waals surface area contributed by atoms with Crippen LogP contribution in [0.4, 0.5) is 13.2 Å². The first-order valence-corrected chi connectivity index (χ1v) is 9.19. The number of nitrogens with one attached hydrogen (secondary N) is 3. The molecule has 13 nitrogen and oxygen atoms in total. The Bertz CT molecular complexity index is 911. The van der Waals surface area contributed by atoms with E-state index < -0.39 is 66.3 Å². The Labute approximate surface area is 189 Å². The number of hydrogen-bond donors (Lipinski definition) is 6. The van der Waals surface area contributed by atoms with Crippen LogP contribution in [-0.4, -0.2) is 75.1 Å². The molecule has 0 unspecified atom stereocenters. The van der Waals surface area contributed by atoms with Crippen molar-refractivity contribution in [3.8, 4) is 0 Å². The van der Waals surface area contributed by atoms with Gasteiger partial charge in [0.25, 0.3) is 5.91 Å². The van der Waals surface area contributed by atoms with Gasteiger partial charge in [-0.25, -0.2) is 9.59 Å². The molecule has 0 saturated carbocycles. The van der Waals surface area contributed by atoms with Crippen molar-refractivity contribution in [1.29, 1.82) is 0 Å². The molecule has 4 amide bonds. The second kappa shape index (κ2) is 13.3. The van der Waals surface area contributed by atoms with E-state index in [0.717, 1.165) is 0 Å². The van der Waals surface area contributed by atoms with Crippen molar-refractivity contribution in [2.45, 2.75) is 44.6 Å². The van der Waals surface area contributed by atoms with Gasteiger partial charge in [-0.3, -0.25) is 24.2 Å². The normalized spacial score (nSPS) is 13.1. The highest BCUT2D eigenvalue weighted by molar-refractivity contribution is 5.98. The molecule has 0 spiro atoms. The zero-order chi connectivity index (χ0) is 26.6. The maximum absolute atomic E-state index is 12.1. The number of nitrogens with two attached hydrogens (primary N) is 1. The number of amides is 4. The number of halogens is 3. The molecule has 0 aliphatic heterocycles. The van der Waals surface area contributed by atoms with Crippen LogP contribution in [0, 0.1) is 0 Å². The van der Waals surface area contributed by atoms with Gasteiger partial charge < -0.3 is 31.9 Å². The largest absolute Gasteiger partial charge is 0.490 e. The molecule has 1 aromatic heterocycles. The summed E-state index contributed by atoms with van der Waals surface area (Å²) in [4.78, 5) is 70.7. The number of nitrogens with zero attached hydrogens (tertiary/aromatic N) is 1. The summed E-state index contributed by atoms with van der Waals surface area (Å²) in [7, 11) is 0. The molecule has 0 saturated heterocycles. The summed E-state index contributed by atoms with van der Waals surface area (Å²) in [5, 5.41) is 23.0. The first-order valence-electron chi connectivity index (χ1n) is 9.19. The zero-order valence-electron chi connectivity index (χ0n) is 17.8. The van der Waals surface area contributed by atoms with Crippen molar-refractivity contribution in [1.82, 2.24) is 20.9 Å². The van der Waals surface area contributed by atoms with Crippen LogP contribution >= 0.6 is 0 Å². The van der Waals surface area contributed by atoms with Gasteiger partial charge in [0, 0.05) is 18.0 Å². The van der Waals surface area contributed by atoms with Crippen LogP contribution in [0.5, 0.6) is 0 Å². The van der Waals surface area contributed by atoms with Gasteiger partial charge in [-0.15, -0.1) is 0 Å². The third kappa shape index (κ3) is 11.4. The van der Waals surface area contributed by atoms with E-state index in [1.165, 1.54) is 38.4 Å². The van der Waals surface area contributed by atoms with Crippen molar-refractivity contribution >= 4 is 35.6 Å². The molecular weight excluding hydrogens is 471 g/mol. The second-order valence-corrected chi connectivity index (χ2v) is 6.53. The monoisotopic (exact) mass is 493 g/mol. The van der Waals surface area contributed by atoms with Crippen LogP contribution in [0.25, 0.3) is 0 Å². The number of hydrogen-bond acceptors (Lipinski definition) is 7. The Balaban J connectivity index is 0.00000135. The third-order valence-corrected chi connectivity index (χ3v) is 3.70. The fourth-order valence-corrected chi connectivity index (χ4v) is 1.95. The topological polar surface area (TPSA) is 218 Å². The average Bonchev–Trinajstić information content (AvgIpc) is 2.72. The van der Waals surface area contributed by atoms with Crippen molar-refractivity contribution in [3.63, 3.8) is 0 Å². The summed E-state index contributed by atoms with van der Waals surface area (Å²) in [5.74, 6) is -7.05. The Hall–Kier alpha value is -4.24. The van der Waals surface area contributed by atoms with Gasteiger partial charge in [-0.2, -0.15) is 13.2 Å². The molecule has 0 aliphatic carbocycles. The molecule has 3 atom stereocenters. The van der Waals surface area contributed by atoms with Crippen LogP contribution in [0.1, 0.15) is 30.6 Å². The molecular formula is C18H22F3N5O8. The van der Waals surface area contributed by atoms with Crippen LogP contribution in [-0.2, 0) is 24.0 Å². The number of carbonyl (C=O) groups is 6. The fourth-order valence-electron chi connectivity index (χ4n) is 1.95. The van der Waals surface area contributed by atoms with Crippen molar-refractivity contribution in [3.05, 3.63) is 30.1 Å². The number of carboxylic acids is 2. The predicted molar refractivity (Wildman–Crippen MR) is 106 cm³/mol. The minimum atomic E-state index is -5.08. The number of aromatic nitrogens is 1. The summed E-state index contributed by atoms with van der Waals surface area (Å²) in [6, 6.07) is -0.616. The first kappa shape index (κ1) is 29.8. The molecule has 1 aromatic rings. The highest BCUT2D eigenvalue weighted by atomic mass is 19.4. The van der Waals surface area contributed by atoms with E-state index >= 15 is 0 Å². The van der Waals surface area contributed by atoms with E-state index in [9.17, 15) is 37.1 Å². The smallest absolute Gasteiger partial charge is 0.480 e. The summed E-state index contributed by atoms with van der Waals surface area (Å²) < 4.78 is 31.7. The molecule has 1 heterocycles. The maximum atomic E-state index is 12.1. The quantitative estimate of drug-likeness (QED) is 0.243. The van der Waals surface area contributed by atoms with Gasteiger partial charge >= 0.3 is 18.1 Å². The summed E-state index contributed by atoms with van der Waals surface area (Å²) in [5.41, 5.74) is 5.24. The van der Waals surface area contributed by atoms with E-state index in [1.807, 2.05) is 0 Å². The lowest BCUT2D eigenvalue weighted by Gasteiger charge is -2.20. The molecule has 0 bridgehead atoms. The molecule has 7 N–H and O–H groups in total. The zero-order valence-corrected chi connectivity index (χ0v) is 17.8. The van der Waals surface area contributed by atoms with Crippen LogP contribution in [0.2, 0.25) is 0 Å². The summed E-state index contributed by atoms with van der Waals surface area (Å²) in [6.07, 6.45) is -2.81. The molecule has 0 radical (unpaired) electrons. The van der Waals surface area contributed by atoms with E-state index in [0.29, 0.717) is 5.56 Å². The van der Waals surface area contributed by atoms with E-state index in [1.54, 1.807) is 0 Å². The molecule has 16 heteroatoms. The van der Waals surface area contributed by atoms with Crippen molar-refractivity contribution in [2.24, 2.45) is 5.73 Å². The molecule has 1 rings (SSSR count). The van der Waals surface area contributed by atoms with Crippen molar-refractivity contribution < 1.29 is 52.2 Å². The van der Waals surface area contributed by atoms with Gasteiger partial charge in [0.2, 0.25) is 17.7 Å². The van der Waals surface area contributed by atoms with Crippen LogP contribution < -0.4 is 21.7 Å². The average molecular weight is 493 g/mol. The highest BCUT2D eigenvalue weighted by Crippen LogP contribution is 2.13. The van der Waals surface area contributed by atoms with Crippen LogP contribution in [0.15, 0.2) is 24.5 Å². The molecule has 0 aliphatic rings.